The first-order valence-corrected chi connectivity index (χ1v) is 7.59. The van der Waals surface area contributed by atoms with Crippen molar-refractivity contribution in [3.05, 3.63) is 48.3 Å². The van der Waals surface area contributed by atoms with Crippen molar-refractivity contribution < 1.29 is 8.42 Å². The average Bonchev–Trinajstić information content (AvgIpc) is 2.42. The van der Waals surface area contributed by atoms with Gasteiger partial charge in [-0.15, -0.1) is 0 Å². The van der Waals surface area contributed by atoms with E-state index in [1.54, 1.807) is 6.07 Å². The third-order valence-electron chi connectivity index (χ3n) is 2.93. The SMILES string of the molecule is Cc1ccc(N(C)C)cc1NS(=O)(=O)c1cccnc1. The highest BCUT2D eigenvalue weighted by atomic mass is 32.2. The zero-order valence-electron chi connectivity index (χ0n) is 11.7. The molecular formula is C14H17N3O2S. The molecule has 0 aliphatic heterocycles. The lowest BCUT2D eigenvalue weighted by molar-refractivity contribution is 0.601. The lowest BCUT2D eigenvalue weighted by atomic mass is 10.2. The molecular weight excluding hydrogens is 274 g/mol. The van der Waals surface area contributed by atoms with E-state index in [4.69, 9.17) is 0 Å². The maximum atomic E-state index is 12.3. The molecule has 0 amide bonds. The Bertz CT molecular complexity index is 698. The van der Waals surface area contributed by atoms with Crippen molar-refractivity contribution in [2.24, 2.45) is 0 Å². The summed E-state index contributed by atoms with van der Waals surface area (Å²) in [6.07, 6.45) is 2.87. The fourth-order valence-corrected chi connectivity index (χ4v) is 2.79. The van der Waals surface area contributed by atoms with Crippen LogP contribution in [0.5, 0.6) is 0 Å². The molecule has 1 aromatic carbocycles. The molecule has 0 fully saturated rings. The van der Waals surface area contributed by atoms with Crippen LogP contribution in [0.3, 0.4) is 0 Å². The molecule has 0 aliphatic rings. The van der Waals surface area contributed by atoms with Gasteiger partial charge in [-0.1, -0.05) is 6.07 Å². The van der Waals surface area contributed by atoms with Crippen molar-refractivity contribution in [2.45, 2.75) is 11.8 Å². The second kappa shape index (κ2) is 5.50. The topological polar surface area (TPSA) is 62.3 Å². The summed E-state index contributed by atoms with van der Waals surface area (Å²) in [5.41, 5.74) is 2.36. The molecule has 0 bridgehead atoms. The molecule has 20 heavy (non-hydrogen) atoms. The van der Waals surface area contributed by atoms with Crippen LogP contribution in [-0.2, 0) is 10.0 Å². The van der Waals surface area contributed by atoms with Gasteiger partial charge in [-0.25, -0.2) is 8.42 Å². The van der Waals surface area contributed by atoms with Crippen LogP contribution in [0.25, 0.3) is 0 Å². The fraction of sp³-hybridized carbons (Fsp3) is 0.214. The van der Waals surface area contributed by atoms with Gasteiger partial charge < -0.3 is 4.90 Å². The number of anilines is 2. The van der Waals surface area contributed by atoms with Crippen LogP contribution in [0.2, 0.25) is 0 Å². The van der Waals surface area contributed by atoms with E-state index in [0.29, 0.717) is 5.69 Å². The second-order valence-electron chi connectivity index (χ2n) is 4.69. The van der Waals surface area contributed by atoms with Gasteiger partial charge in [0.1, 0.15) is 4.90 Å². The predicted octanol–water partition coefficient (Wildman–Crippen LogP) is 2.26. The van der Waals surface area contributed by atoms with E-state index in [-0.39, 0.29) is 4.90 Å². The molecule has 0 radical (unpaired) electrons. The summed E-state index contributed by atoms with van der Waals surface area (Å²) >= 11 is 0. The first-order chi connectivity index (χ1) is 9.40. The zero-order chi connectivity index (χ0) is 14.8. The van der Waals surface area contributed by atoms with Crippen LogP contribution in [0, 0.1) is 6.92 Å². The van der Waals surface area contributed by atoms with Gasteiger partial charge in [0.15, 0.2) is 0 Å². The van der Waals surface area contributed by atoms with Gasteiger partial charge in [0, 0.05) is 32.2 Å². The van der Waals surface area contributed by atoms with Crippen molar-refractivity contribution in [3.8, 4) is 0 Å². The molecule has 0 saturated heterocycles. The van der Waals surface area contributed by atoms with Gasteiger partial charge in [-0.2, -0.15) is 0 Å². The van der Waals surface area contributed by atoms with E-state index in [9.17, 15) is 8.42 Å². The van der Waals surface area contributed by atoms with E-state index < -0.39 is 10.0 Å². The Kier molecular flexibility index (Phi) is 3.94. The number of nitrogens with one attached hydrogen (secondary N) is 1. The molecule has 1 aromatic heterocycles. The normalized spacial score (nSPS) is 11.2. The molecule has 1 N–H and O–H groups in total. The van der Waals surface area contributed by atoms with Crippen molar-refractivity contribution in [2.75, 3.05) is 23.7 Å². The molecule has 0 unspecified atom stereocenters. The average molecular weight is 291 g/mol. The van der Waals surface area contributed by atoms with Crippen LogP contribution in [0.15, 0.2) is 47.6 Å². The molecule has 0 saturated carbocycles. The minimum atomic E-state index is -3.61. The zero-order valence-corrected chi connectivity index (χ0v) is 12.5. The van der Waals surface area contributed by atoms with E-state index in [1.807, 2.05) is 44.1 Å². The van der Waals surface area contributed by atoms with E-state index >= 15 is 0 Å². The molecule has 106 valence electrons. The lowest BCUT2D eigenvalue weighted by Gasteiger charge is -2.16. The number of benzene rings is 1. The third kappa shape index (κ3) is 3.08. The molecule has 0 aliphatic carbocycles. The quantitative estimate of drug-likeness (QED) is 0.938. The van der Waals surface area contributed by atoms with Crippen LogP contribution >= 0.6 is 0 Å². The maximum absolute atomic E-state index is 12.3. The van der Waals surface area contributed by atoms with E-state index in [1.165, 1.54) is 18.5 Å². The Balaban J connectivity index is 2.37. The number of aryl methyl sites for hydroxylation is 1. The molecule has 2 rings (SSSR count). The van der Waals surface area contributed by atoms with Gasteiger partial charge in [0.25, 0.3) is 10.0 Å². The minimum absolute atomic E-state index is 0.148. The number of nitrogens with zero attached hydrogens (tertiary/aromatic N) is 2. The van der Waals surface area contributed by atoms with Gasteiger partial charge in [0.2, 0.25) is 0 Å². The highest BCUT2D eigenvalue weighted by molar-refractivity contribution is 7.92. The van der Waals surface area contributed by atoms with Gasteiger partial charge in [-0.3, -0.25) is 9.71 Å². The molecule has 1 heterocycles. The number of hydrogen-bond donors (Lipinski definition) is 1. The summed E-state index contributed by atoms with van der Waals surface area (Å²) < 4.78 is 27.1. The van der Waals surface area contributed by atoms with Crippen molar-refractivity contribution >= 4 is 21.4 Å². The van der Waals surface area contributed by atoms with Gasteiger partial charge in [0.05, 0.1) is 5.69 Å². The van der Waals surface area contributed by atoms with Gasteiger partial charge in [-0.05, 0) is 36.8 Å². The Morgan fingerprint density at radius 2 is 1.95 bits per heavy atom. The Morgan fingerprint density at radius 3 is 2.55 bits per heavy atom. The summed E-state index contributed by atoms with van der Waals surface area (Å²) in [6.45, 7) is 1.86. The summed E-state index contributed by atoms with van der Waals surface area (Å²) in [6, 6.07) is 8.75. The molecule has 5 nitrogen and oxygen atoms in total. The Hall–Kier alpha value is -2.08. The summed E-state index contributed by atoms with van der Waals surface area (Å²) in [5.74, 6) is 0. The van der Waals surface area contributed by atoms with Crippen LogP contribution in [0.1, 0.15) is 5.56 Å². The fourth-order valence-electron chi connectivity index (χ4n) is 1.71. The summed E-state index contributed by atoms with van der Waals surface area (Å²) in [4.78, 5) is 5.90. The van der Waals surface area contributed by atoms with Crippen LogP contribution < -0.4 is 9.62 Å². The summed E-state index contributed by atoms with van der Waals surface area (Å²) in [7, 11) is 0.204. The Morgan fingerprint density at radius 1 is 1.20 bits per heavy atom. The minimum Gasteiger partial charge on any atom is -0.378 e. The Labute approximate surface area is 119 Å². The highest BCUT2D eigenvalue weighted by Crippen LogP contribution is 2.24. The predicted molar refractivity (Wildman–Crippen MR) is 80.6 cm³/mol. The van der Waals surface area contributed by atoms with Gasteiger partial charge >= 0.3 is 0 Å². The van der Waals surface area contributed by atoms with E-state index in [2.05, 4.69) is 9.71 Å². The number of hydrogen-bond acceptors (Lipinski definition) is 4. The molecule has 0 atom stereocenters. The number of sulfonamides is 1. The second-order valence-corrected chi connectivity index (χ2v) is 6.37. The number of rotatable bonds is 4. The molecule has 2 aromatic rings. The van der Waals surface area contributed by atoms with E-state index in [0.717, 1.165) is 11.3 Å². The highest BCUT2D eigenvalue weighted by Gasteiger charge is 2.15. The summed E-state index contributed by atoms with van der Waals surface area (Å²) in [5, 5.41) is 0. The van der Waals surface area contributed by atoms with Crippen molar-refractivity contribution in [1.29, 1.82) is 0 Å². The maximum Gasteiger partial charge on any atom is 0.263 e. The lowest BCUT2D eigenvalue weighted by Crippen LogP contribution is -2.15. The molecule has 0 spiro atoms. The smallest absolute Gasteiger partial charge is 0.263 e. The number of pyridine rings is 1. The largest absolute Gasteiger partial charge is 0.378 e. The first kappa shape index (κ1) is 14.3. The first-order valence-electron chi connectivity index (χ1n) is 6.11. The van der Waals surface area contributed by atoms with Crippen LogP contribution in [0.4, 0.5) is 11.4 Å². The van der Waals surface area contributed by atoms with Crippen molar-refractivity contribution in [3.63, 3.8) is 0 Å². The molecule has 6 heteroatoms. The standard InChI is InChI=1S/C14H17N3O2S/c1-11-6-7-12(17(2)3)9-14(11)16-20(18,19)13-5-4-8-15-10-13/h4-10,16H,1-3H3. The number of aromatic nitrogens is 1. The van der Waals surface area contributed by atoms with Crippen molar-refractivity contribution in [1.82, 2.24) is 4.98 Å². The monoisotopic (exact) mass is 291 g/mol. The third-order valence-corrected chi connectivity index (χ3v) is 4.28. The van der Waals surface area contributed by atoms with Crippen LogP contribution in [-0.4, -0.2) is 27.5 Å².